The molecule has 0 aromatic rings. The Kier molecular flexibility index (Phi) is 4.90. The van der Waals surface area contributed by atoms with Crippen molar-refractivity contribution in [2.24, 2.45) is 11.8 Å². The molecule has 0 bridgehead atoms. The van der Waals surface area contributed by atoms with E-state index < -0.39 is 0 Å². The van der Waals surface area contributed by atoms with Gasteiger partial charge in [0.05, 0.1) is 0 Å². The summed E-state index contributed by atoms with van der Waals surface area (Å²) in [7, 11) is 0. The van der Waals surface area contributed by atoms with Gasteiger partial charge in [0, 0.05) is 6.04 Å². The van der Waals surface area contributed by atoms with Gasteiger partial charge in [-0.15, -0.1) is 0 Å². The maximum atomic E-state index is 3.57. The third-order valence-electron chi connectivity index (χ3n) is 4.20. The molecule has 2 unspecified atom stereocenters. The van der Waals surface area contributed by atoms with Crippen LogP contribution in [0.3, 0.4) is 0 Å². The molecule has 1 nitrogen and oxygen atoms in total. The number of allylic oxidation sites excluding steroid dienone is 1. The van der Waals surface area contributed by atoms with Crippen LogP contribution in [0.25, 0.3) is 0 Å². The molecule has 0 heterocycles. The topological polar surface area (TPSA) is 12.0 Å². The Morgan fingerprint density at radius 3 is 2.69 bits per heavy atom. The fourth-order valence-corrected chi connectivity index (χ4v) is 2.93. The molecule has 1 heteroatoms. The van der Waals surface area contributed by atoms with E-state index in [4.69, 9.17) is 0 Å². The Hall–Kier alpha value is -0.300. The van der Waals surface area contributed by atoms with E-state index >= 15 is 0 Å². The van der Waals surface area contributed by atoms with Gasteiger partial charge >= 0.3 is 0 Å². The molecule has 0 saturated heterocycles. The van der Waals surface area contributed by atoms with Crippen molar-refractivity contribution in [2.75, 3.05) is 6.54 Å². The maximum absolute atomic E-state index is 3.57. The molecule has 0 radical (unpaired) electrons. The second kappa shape index (κ2) is 6.44. The van der Waals surface area contributed by atoms with E-state index in [1.165, 1.54) is 57.9 Å². The molecule has 2 fully saturated rings. The first-order chi connectivity index (χ1) is 7.90. The zero-order valence-corrected chi connectivity index (χ0v) is 10.8. The van der Waals surface area contributed by atoms with E-state index in [0.29, 0.717) is 0 Å². The molecule has 2 aliphatic rings. The molecule has 92 valence electrons. The van der Waals surface area contributed by atoms with Crippen molar-refractivity contribution in [3.05, 3.63) is 12.2 Å². The minimum atomic E-state index is 0.867. The minimum absolute atomic E-state index is 0.867. The Morgan fingerprint density at radius 1 is 1.12 bits per heavy atom. The zero-order valence-electron chi connectivity index (χ0n) is 10.8. The first-order valence-electron chi connectivity index (χ1n) is 7.30. The Labute approximate surface area is 101 Å². The SMILES string of the molecule is CCC1CCCCC1C=CCCNC1CC1. The lowest BCUT2D eigenvalue weighted by Crippen LogP contribution is -2.18. The van der Waals surface area contributed by atoms with Gasteiger partial charge in [0.15, 0.2) is 0 Å². The lowest BCUT2D eigenvalue weighted by molar-refractivity contribution is 0.276. The highest BCUT2D eigenvalue weighted by molar-refractivity contribution is 4.94. The lowest BCUT2D eigenvalue weighted by atomic mass is 9.77. The fourth-order valence-electron chi connectivity index (χ4n) is 2.93. The van der Waals surface area contributed by atoms with E-state index in [1.807, 2.05) is 0 Å². The molecule has 0 aromatic heterocycles. The summed E-state index contributed by atoms with van der Waals surface area (Å²) in [5.74, 6) is 1.86. The normalized spacial score (nSPS) is 31.1. The van der Waals surface area contributed by atoms with Crippen LogP contribution < -0.4 is 5.32 Å². The molecule has 0 aromatic carbocycles. The van der Waals surface area contributed by atoms with Crippen LogP contribution in [0.1, 0.15) is 58.3 Å². The van der Waals surface area contributed by atoms with Crippen LogP contribution in [-0.2, 0) is 0 Å². The van der Waals surface area contributed by atoms with Gasteiger partial charge < -0.3 is 5.32 Å². The average Bonchev–Trinajstić information content (AvgIpc) is 3.13. The summed E-state index contributed by atoms with van der Waals surface area (Å²) in [5, 5.41) is 3.57. The molecule has 2 atom stereocenters. The molecular weight excluding hydrogens is 194 g/mol. The Bertz CT molecular complexity index is 217. The van der Waals surface area contributed by atoms with Crippen molar-refractivity contribution < 1.29 is 0 Å². The van der Waals surface area contributed by atoms with E-state index in [0.717, 1.165) is 17.9 Å². The van der Waals surface area contributed by atoms with Crippen molar-refractivity contribution in [1.82, 2.24) is 5.32 Å². The average molecular weight is 221 g/mol. The van der Waals surface area contributed by atoms with Crippen molar-refractivity contribution in [3.8, 4) is 0 Å². The van der Waals surface area contributed by atoms with Gasteiger partial charge in [-0.3, -0.25) is 0 Å². The van der Waals surface area contributed by atoms with Gasteiger partial charge in [-0.2, -0.15) is 0 Å². The summed E-state index contributed by atoms with van der Waals surface area (Å²) in [6.07, 6.45) is 16.2. The molecule has 2 aliphatic carbocycles. The molecule has 0 amide bonds. The van der Waals surface area contributed by atoms with Gasteiger partial charge in [0.1, 0.15) is 0 Å². The summed E-state index contributed by atoms with van der Waals surface area (Å²) >= 11 is 0. The number of hydrogen-bond donors (Lipinski definition) is 1. The van der Waals surface area contributed by atoms with E-state index in [-0.39, 0.29) is 0 Å². The van der Waals surface area contributed by atoms with Crippen molar-refractivity contribution >= 4 is 0 Å². The van der Waals surface area contributed by atoms with Crippen LogP contribution in [0, 0.1) is 11.8 Å². The number of rotatable bonds is 6. The molecule has 2 rings (SSSR count). The Morgan fingerprint density at radius 2 is 1.94 bits per heavy atom. The highest BCUT2D eigenvalue weighted by Crippen LogP contribution is 2.33. The van der Waals surface area contributed by atoms with Crippen molar-refractivity contribution in [3.63, 3.8) is 0 Å². The van der Waals surface area contributed by atoms with Crippen LogP contribution in [0.2, 0.25) is 0 Å². The largest absolute Gasteiger partial charge is 0.314 e. The molecule has 2 saturated carbocycles. The van der Waals surface area contributed by atoms with Crippen LogP contribution in [0.4, 0.5) is 0 Å². The lowest BCUT2D eigenvalue weighted by Gasteiger charge is -2.28. The summed E-state index contributed by atoms with van der Waals surface area (Å²) in [6, 6.07) is 0.867. The molecular formula is C15H27N. The first-order valence-corrected chi connectivity index (χ1v) is 7.30. The summed E-state index contributed by atoms with van der Waals surface area (Å²) in [4.78, 5) is 0. The molecule has 16 heavy (non-hydrogen) atoms. The second-order valence-corrected chi connectivity index (χ2v) is 5.56. The maximum Gasteiger partial charge on any atom is 0.00683 e. The standard InChI is InChI=1S/C15H27N/c1-2-13-7-3-4-8-14(13)9-5-6-12-16-15-10-11-15/h5,9,13-16H,2-4,6-8,10-12H2,1H3. The molecule has 0 aliphatic heterocycles. The van der Waals surface area contributed by atoms with Crippen LogP contribution in [-0.4, -0.2) is 12.6 Å². The predicted octanol–water partition coefficient (Wildman–Crippen LogP) is 3.90. The van der Waals surface area contributed by atoms with E-state index in [1.54, 1.807) is 0 Å². The molecule has 0 spiro atoms. The first kappa shape index (κ1) is 12.2. The predicted molar refractivity (Wildman–Crippen MR) is 70.5 cm³/mol. The van der Waals surface area contributed by atoms with Gasteiger partial charge in [0.25, 0.3) is 0 Å². The second-order valence-electron chi connectivity index (χ2n) is 5.56. The van der Waals surface area contributed by atoms with Gasteiger partial charge in [-0.05, 0) is 50.5 Å². The highest BCUT2D eigenvalue weighted by Gasteiger charge is 2.21. The van der Waals surface area contributed by atoms with E-state index in [2.05, 4.69) is 24.4 Å². The number of hydrogen-bond acceptors (Lipinski definition) is 1. The van der Waals surface area contributed by atoms with Crippen LogP contribution in [0.5, 0.6) is 0 Å². The van der Waals surface area contributed by atoms with Crippen LogP contribution in [0.15, 0.2) is 12.2 Å². The summed E-state index contributed by atoms with van der Waals surface area (Å²) in [5.41, 5.74) is 0. The highest BCUT2D eigenvalue weighted by atomic mass is 14.9. The summed E-state index contributed by atoms with van der Waals surface area (Å²) in [6.45, 7) is 3.54. The third kappa shape index (κ3) is 3.93. The van der Waals surface area contributed by atoms with E-state index in [9.17, 15) is 0 Å². The third-order valence-corrected chi connectivity index (χ3v) is 4.20. The monoisotopic (exact) mass is 221 g/mol. The Balaban J connectivity index is 1.62. The summed E-state index contributed by atoms with van der Waals surface area (Å²) < 4.78 is 0. The van der Waals surface area contributed by atoms with Crippen molar-refractivity contribution in [2.45, 2.75) is 64.3 Å². The smallest absolute Gasteiger partial charge is 0.00683 e. The van der Waals surface area contributed by atoms with Crippen LogP contribution >= 0.6 is 0 Å². The van der Waals surface area contributed by atoms with Gasteiger partial charge in [-0.1, -0.05) is 38.3 Å². The minimum Gasteiger partial charge on any atom is -0.314 e. The van der Waals surface area contributed by atoms with Crippen molar-refractivity contribution in [1.29, 1.82) is 0 Å². The van der Waals surface area contributed by atoms with Gasteiger partial charge in [-0.25, -0.2) is 0 Å². The van der Waals surface area contributed by atoms with Gasteiger partial charge in [0.2, 0.25) is 0 Å². The fraction of sp³-hybridized carbons (Fsp3) is 0.867. The number of nitrogens with one attached hydrogen (secondary N) is 1. The molecule has 1 N–H and O–H groups in total. The quantitative estimate of drug-likeness (QED) is 0.530. The zero-order chi connectivity index (χ0) is 11.2.